The fraction of sp³-hybridized carbons (Fsp3) is 0.667. The van der Waals surface area contributed by atoms with E-state index in [-0.39, 0.29) is 17.8 Å². The highest BCUT2D eigenvalue weighted by Crippen LogP contribution is 2.37. The van der Waals surface area contributed by atoms with Crippen molar-refractivity contribution in [1.82, 2.24) is 0 Å². The normalized spacial score (nSPS) is 21.8. The molecule has 0 amide bonds. The zero-order valence-corrected chi connectivity index (χ0v) is 13.5. The minimum absolute atomic E-state index is 0.000310. The van der Waals surface area contributed by atoms with Crippen molar-refractivity contribution in [2.24, 2.45) is 0 Å². The highest BCUT2D eigenvalue weighted by atomic mass is 19.2. The molecule has 22 heavy (non-hydrogen) atoms. The first-order chi connectivity index (χ1) is 10.7. The molecule has 1 aromatic rings. The van der Waals surface area contributed by atoms with Crippen LogP contribution in [-0.4, -0.2) is 19.3 Å². The van der Waals surface area contributed by atoms with Gasteiger partial charge in [0.2, 0.25) is 5.82 Å². The molecular formula is C18H26F2O2. The van der Waals surface area contributed by atoms with E-state index in [1.807, 2.05) is 0 Å². The quantitative estimate of drug-likeness (QED) is 0.644. The molecule has 1 aliphatic carbocycles. The maximum atomic E-state index is 14.2. The van der Waals surface area contributed by atoms with Crippen molar-refractivity contribution < 1.29 is 18.3 Å². The van der Waals surface area contributed by atoms with Crippen LogP contribution >= 0.6 is 0 Å². The molecule has 2 nitrogen and oxygen atoms in total. The maximum Gasteiger partial charge on any atom is 0.200 e. The van der Waals surface area contributed by atoms with E-state index < -0.39 is 11.6 Å². The molecule has 1 fully saturated rings. The molecule has 0 aromatic heterocycles. The molecule has 4 heteroatoms. The lowest BCUT2D eigenvalue weighted by atomic mass is 9.82. The molecule has 0 spiro atoms. The zero-order valence-electron chi connectivity index (χ0n) is 13.5. The van der Waals surface area contributed by atoms with Crippen molar-refractivity contribution in [3.05, 3.63) is 29.3 Å². The van der Waals surface area contributed by atoms with Gasteiger partial charge in [-0.15, -0.1) is 0 Å². The van der Waals surface area contributed by atoms with Crippen LogP contribution in [0.5, 0.6) is 5.75 Å². The van der Waals surface area contributed by atoms with E-state index >= 15 is 0 Å². The van der Waals surface area contributed by atoms with Crippen molar-refractivity contribution >= 4 is 0 Å². The Morgan fingerprint density at radius 3 is 2.41 bits per heavy atom. The number of benzene rings is 1. The fourth-order valence-electron chi connectivity index (χ4n) is 3.06. The predicted octanol–water partition coefficient (Wildman–Crippen LogP) is 5.21. The predicted molar refractivity (Wildman–Crippen MR) is 83.4 cm³/mol. The van der Waals surface area contributed by atoms with Crippen LogP contribution in [0.3, 0.4) is 0 Å². The van der Waals surface area contributed by atoms with Crippen LogP contribution in [0.4, 0.5) is 8.78 Å². The van der Waals surface area contributed by atoms with Crippen LogP contribution in [-0.2, 0) is 4.74 Å². The summed E-state index contributed by atoms with van der Waals surface area (Å²) < 4.78 is 39.1. The van der Waals surface area contributed by atoms with Crippen molar-refractivity contribution in [1.29, 1.82) is 0 Å². The van der Waals surface area contributed by atoms with E-state index in [4.69, 9.17) is 9.47 Å². The van der Waals surface area contributed by atoms with E-state index in [0.29, 0.717) is 12.2 Å². The SMILES string of the molecule is CCCCOC1CCC(c2ccc(OCC)c(F)c2F)CC1. The minimum atomic E-state index is -0.860. The van der Waals surface area contributed by atoms with Crippen molar-refractivity contribution in [3.63, 3.8) is 0 Å². The Kier molecular flexibility index (Phi) is 6.62. The Morgan fingerprint density at radius 2 is 1.77 bits per heavy atom. The van der Waals surface area contributed by atoms with Gasteiger partial charge in [0.1, 0.15) is 0 Å². The molecular weight excluding hydrogens is 286 g/mol. The minimum Gasteiger partial charge on any atom is -0.491 e. The van der Waals surface area contributed by atoms with Crippen LogP contribution in [0.2, 0.25) is 0 Å². The smallest absolute Gasteiger partial charge is 0.200 e. The monoisotopic (exact) mass is 312 g/mol. The van der Waals surface area contributed by atoms with Gasteiger partial charge >= 0.3 is 0 Å². The van der Waals surface area contributed by atoms with Crippen LogP contribution < -0.4 is 4.74 Å². The van der Waals surface area contributed by atoms with E-state index in [1.165, 1.54) is 0 Å². The van der Waals surface area contributed by atoms with Crippen LogP contribution in [0.15, 0.2) is 12.1 Å². The highest BCUT2D eigenvalue weighted by molar-refractivity contribution is 5.33. The van der Waals surface area contributed by atoms with Gasteiger partial charge in [-0.25, -0.2) is 4.39 Å². The van der Waals surface area contributed by atoms with E-state index in [9.17, 15) is 8.78 Å². The summed E-state index contributed by atoms with van der Waals surface area (Å²) in [5.74, 6) is -1.53. The summed E-state index contributed by atoms with van der Waals surface area (Å²) in [6, 6.07) is 3.22. The van der Waals surface area contributed by atoms with Gasteiger partial charge in [0.25, 0.3) is 0 Å². The van der Waals surface area contributed by atoms with Gasteiger partial charge in [0.15, 0.2) is 11.6 Å². The van der Waals surface area contributed by atoms with Crippen molar-refractivity contribution in [2.45, 2.75) is 64.4 Å². The summed E-state index contributed by atoms with van der Waals surface area (Å²) in [6.45, 7) is 5.03. The summed E-state index contributed by atoms with van der Waals surface area (Å²) in [5, 5.41) is 0. The largest absolute Gasteiger partial charge is 0.491 e. The molecule has 0 atom stereocenters. The lowest BCUT2D eigenvalue weighted by molar-refractivity contribution is 0.0230. The first kappa shape index (κ1) is 17.2. The lowest BCUT2D eigenvalue weighted by Crippen LogP contribution is -2.22. The van der Waals surface area contributed by atoms with Crippen molar-refractivity contribution in [2.75, 3.05) is 13.2 Å². The summed E-state index contributed by atoms with van der Waals surface area (Å²) >= 11 is 0. The second kappa shape index (κ2) is 8.47. The summed E-state index contributed by atoms with van der Waals surface area (Å²) in [6.07, 6.45) is 6.02. The zero-order chi connectivity index (χ0) is 15.9. The molecule has 0 bridgehead atoms. The van der Waals surface area contributed by atoms with Gasteiger partial charge in [-0.05, 0) is 56.6 Å². The van der Waals surface area contributed by atoms with Crippen LogP contribution in [0.25, 0.3) is 0 Å². The molecule has 1 aromatic carbocycles. The summed E-state index contributed by atoms with van der Waals surface area (Å²) in [4.78, 5) is 0. The average molecular weight is 312 g/mol. The van der Waals surface area contributed by atoms with Gasteiger partial charge in [-0.2, -0.15) is 4.39 Å². The fourth-order valence-corrected chi connectivity index (χ4v) is 3.06. The first-order valence-corrected chi connectivity index (χ1v) is 8.39. The molecule has 0 saturated heterocycles. The number of ether oxygens (including phenoxy) is 2. The standard InChI is InChI=1S/C18H26F2O2/c1-3-5-12-22-14-8-6-13(7-9-14)15-10-11-16(21-4-2)18(20)17(15)19/h10-11,13-14H,3-9,12H2,1-2H3. The first-order valence-electron chi connectivity index (χ1n) is 8.39. The number of hydrogen-bond donors (Lipinski definition) is 0. The molecule has 1 aliphatic rings. The Hall–Kier alpha value is -1.16. The second-order valence-corrected chi connectivity index (χ2v) is 5.91. The summed E-state index contributed by atoms with van der Waals surface area (Å²) in [7, 11) is 0. The maximum absolute atomic E-state index is 14.2. The van der Waals surface area contributed by atoms with Gasteiger partial charge in [0.05, 0.1) is 12.7 Å². The lowest BCUT2D eigenvalue weighted by Gasteiger charge is -2.29. The number of rotatable bonds is 7. The third-order valence-electron chi connectivity index (χ3n) is 4.34. The summed E-state index contributed by atoms with van der Waals surface area (Å²) in [5.41, 5.74) is 0.480. The second-order valence-electron chi connectivity index (χ2n) is 5.91. The molecule has 0 heterocycles. The molecule has 2 rings (SSSR count). The van der Waals surface area contributed by atoms with Crippen LogP contribution in [0.1, 0.15) is 63.9 Å². The molecule has 0 N–H and O–H groups in total. The van der Waals surface area contributed by atoms with E-state index in [2.05, 4.69) is 6.92 Å². The van der Waals surface area contributed by atoms with Gasteiger partial charge in [-0.1, -0.05) is 19.4 Å². The number of halogens is 2. The number of unbranched alkanes of at least 4 members (excludes halogenated alkanes) is 1. The molecule has 124 valence electrons. The van der Waals surface area contributed by atoms with Gasteiger partial charge in [-0.3, -0.25) is 0 Å². The Bertz CT molecular complexity index is 468. The van der Waals surface area contributed by atoms with E-state index in [0.717, 1.165) is 45.1 Å². The Morgan fingerprint density at radius 1 is 1.05 bits per heavy atom. The Labute approximate surface area is 131 Å². The van der Waals surface area contributed by atoms with Crippen molar-refractivity contribution in [3.8, 4) is 5.75 Å². The average Bonchev–Trinajstić information content (AvgIpc) is 2.53. The third kappa shape index (κ3) is 4.19. The number of hydrogen-bond acceptors (Lipinski definition) is 2. The molecule has 0 radical (unpaired) electrons. The van der Waals surface area contributed by atoms with Gasteiger partial charge in [0, 0.05) is 6.61 Å². The van der Waals surface area contributed by atoms with E-state index in [1.54, 1.807) is 19.1 Å². The molecule has 0 aliphatic heterocycles. The highest BCUT2D eigenvalue weighted by Gasteiger charge is 2.26. The molecule has 0 unspecified atom stereocenters. The molecule has 1 saturated carbocycles. The third-order valence-corrected chi connectivity index (χ3v) is 4.34. The van der Waals surface area contributed by atoms with Crippen LogP contribution in [0, 0.1) is 11.6 Å². The topological polar surface area (TPSA) is 18.5 Å². The van der Waals surface area contributed by atoms with Gasteiger partial charge < -0.3 is 9.47 Å². The Balaban J connectivity index is 1.95.